The van der Waals surface area contributed by atoms with Crippen molar-refractivity contribution in [3.8, 4) is 0 Å². The van der Waals surface area contributed by atoms with E-state index in [4.69, 9.17) is 4.98 Å². The number of anilines is 1. The van der Waals surface area contributed by atoms with Gasteiger partial charge in [0, 0.05) is 13.1 Å². The number of thiazole rings is 1. The van der Waals surface area contributed by atoms with Crippen LogP contribution < -0.4 is 4.90 Å². The highest BCUT2D eigenvalue weighted by Crippen LogP contribution is 2.29. The Morgan fingerprint density at radius 1 is 0.903 bits per heavy atom. The number of carbonyl (C=O) groups excluding carboxylic acids is 1. The van der Waals surface area contributed by atoms with Crippen molar-refractivity contribution < 1.29 is 4.79 Å². The lowest BCUT2D eigenvalue weighted by molar-refractivity contribution is -0.118. The van der Waals surface area contributed by atoms with E-state index >= 15 is 0 Å². The topological polar surface area (TPSA) is 36.4 Å². The van der Waals surface area contributed by atoms with Crippen LogP contribution in [0.3, 0.4) is 0 Å². The SMILES string of the molecule is CCN(CC)CCN(C(=O)Cc1cccc2ccccc12)c1nc2ccccc2s1.Cl. The molecule has 0 aliphatic rings. The molecular weight excluding hydrogens is 426 g/mol. The molecule has 0 atom stereocenters. The highest BCUT2D eigenvalue weighted by Gasteiger charge is 2.21. The minimum Gasteiger partial charge on any atom is -0.302 e. The molecule has 0 saturated heterocycles. The highest BCUT2D eigenvalue weighted by molar-refractivity contribution is 7.22. The first-order valence-electron chi connectivity index (χ1n) is 10.5. The lowest BCUT2D eigenvalue weighted by Gasteiger charge is -2.25. The summed E-state index contributed by atoms with van der Waals surface area (Å²) in [5, 5.41) is 3.09. The molecule has 0 fully saturated rings. The first kappa shape index (κ1) is 23.2. The number of hydrogen-bond acceptors (Lipinski definition) is 4. The zero-order chi connectivity index (χ0) is 20.9. The van der Waals surface area contributed by atoms with Gasteiger partial charge in [-0.3, -0.25) is 9.69 Å². The van der Waals surface area contributed by atoms with E-state index < -0.39 is 0 Å². The molecule has 0 spiro atoms. The summed E-state index contributed by atoms with van der Waals surface area (Å²) in [4.78, 5) is 22.5. The standard InChI is InChI=1S/C25H27N3OS.ClH/c1-3-27(4-2)16-17-28(25-26-22-14-7-8-15-23(22)30-25)24(29)18-20-12-9-11-19-10-5-6-13-21(19)20;/h5-15H,3-4,16-18H2,1-2H3;1H. The van der Waals surface area contributed by atoms with Crippen molar-refractivity contribution in [2.45, 2.75) is 20.3 Å². The number of aromatic nitrogens is 1. The van der Waals surface area contributed by atoms with Gasteiger partial charge in [-0.1, -0.05) is 79.8 Å². The minimum absolute atomic E-state index is 0. The Hall–Kier alpha value is -2.47. The maximum atomic E-state index is 13.5. The van der Waals surface area contributed by atoms with Crippen LogP contribution in [0.25, 0.3) is 21.0 Å². The average molecular weight is 454 g/mol. The molecule has 4 aromatic rings. The fourth-order valence-electron chi connectivity index (χ4n) is 3.79. The molecule has 1 amide bonds. The van der Waals surface area contributed by atoms with Gasteiger partial charge in [0.25, 0.3) is 0 Å². The molecule has 31 heavy (non-hydrogen) atoms. The summed E-state index contributed by atoms with van der Waals surface area (Å²) >= 11 is 1.59. The molecule has 162 valence electrons. The van der Waals surface area contributed by atoms with Crippen molar-refractivity contribution in [2.75, 3.05) is 31.1 Å². The molecular formula is C25H28ClN3OS. The number of para-hydroxylation sites is 1. The van der Waals surface area contributed by atoms with Gasteiger partial charge in [-0.2, -0.15) is 0 Å². The summed E-state index contributed by atoms with van der Waals surface area (Å²) in [5.41, 5.74) is 2.01. The first-order chi connectivity index (χ1) is 14.7. The van der Waals surface area contributed by atoms with Gasteiger partial charge in [0.2, 0.25) is 5.91 Å². The summed E-state index contributed by atoms with van der Waals surface area (Å²) < 4.78 is 1.11. The molecule has 6 heteroatoms. The lowest BCUT2D eigenvalue weighted by atomic mass is 10.0. The molecule has 4 nitrogen and oxygen atoms in total. The summed E-state index contributed by atoms with van der Waals surface area (Å²) in [6.45, 7) is 7.74. The predicted molar refractivity (Wildman–Crippen MR) is 135 cm³/mol. The molecule has 0 saturated carbocycles. The van der Waals surface area contributed by atoms with Gasteiger partial charge in [0.15, 0.2) is 5.13 Å². The highest BCUT2D eigenvalue weighted by atomic mass is 35.5. The van der Waals surface area contributed by atoms with Crippen LogP contribution in [0, 0.1) is 0 Å². The number of benzene rings is 3. The van der Waals surface area contributed by atoms with Crippen LogP contribution >= 0.6 is 23.7 Å². The smallest absolute Gasteiger partial charge is 0.233 e. The second-order valence-corrected chi connectivity index (χ2v) is 8.36. The van der Waals surface area contributed by atoms with Gasteiger partial charge in [-0.15, -0.1) is 12.4 Å². The summed E-state index contributed by atoms with van der Waals surface area (Å²) in [6.07, 6.45) is 0.371. The number of carbonyl (C=O) groups is 1. The Morgan fingerprint density at radius 2 is 1.61 bits per heavy atom. The number of fused-ring (bicyclic) bond motifs is 2. The first-order valence-corrected chi connectivity index (χ1v) is 11.4. The third kappa shape index (κ3) is 5.24. The number of halogens is 1. The van der Waals surface area contributed by atoms with Gasteiger partial charge in [-0.05, 0) is 41.6 Å². The number of amides is 1. The van der Waals surface area contributed by atoms with Crippen LogP contribution in [0.4, 0.5) is 5.13 Å². The van der Waals surface area contributed by atoms with E-state index in [2.05, 4.69) is 49.1 Å². The normalized spacial score (nSPS) is 11.1. The van der Waals surface area contributed by atoms with Crippen LogP contribution in [0.15, 0.2) is 66.7 Å². The Morgan fingerprint density at radius 3 is 2.39 bits per heavy atom. The number of likely N-dealkylation sites (N-methyl/N-ethyl adjacent to an activating group) is 1. The van der Waals surface area contributed by atoms with E-state index in [0.29, 0.717) is 13.0 Å². The zero-order valence-electron chi connectivity index (χ0n) is 18.0. The van der Waals surface area contributed by atoms with E-state index in [1.165, 1.54) is 0 Å². The fourth-order valence-corrected chi connectivity index (χ4v) is 4.80. The van der Waals surface area contributed by atoms with Crippen LogP contribution in [-0.2, 0) is 11.2 Å². The van der Waals surface area contributed by atoms with E-state index in [9.17, 15) is 4.79 Å². The van der Waals surface area contributed by atoms with Crippen molar-refractivity contribution in [3.63, 3.8) is 0 Å². The predicted octanol–water partition coefficient (Wildman–Crippen LogP) is 5.79. The molecule has 0 aliphatic carbocycles. The van der Waals surface area contributed by atoms with Crippen molar-refractivity contribution in [3.05, 3.63) is 72.3 Å². The van der Waals surface area contributed by atoms with Gasteiger partial charge in [-0.25, -0.2) is 4.98 Å². The number of hydrogen-bond donors (Lipinski definition) is 0. The Kier molecular flexibility index (Phi) is 8.02. The second-order valence-electron chi connectivity index (χ2n) is 7.35. The molecule has 0 radical (unpaired) electrons. The van der Waals surface area contributed by atoms with Gasteiger partial charge < -0.3 is 4.90 Å². The van der Waals surface area contributed by atoms with Crippen molar-refractivity contribution in [2.24, 2.45) is 0 Å². The maximum Gasteiger partial charge on any atom is 0.233 e. The van der Waals surface area contributed by atoms with Crippen molar-refractivity contribution >= 4 is 55.8 Å². The minimum atomic E-state index is 0. The molecule has 0 bridgehead atoms. The van der Waals surface area contributed by atoms with Crippen molar-refractivity contribution in [1.82, 2.24) is 9.88 Å². The average Bonchev–Trinajstić information content (AvgIpc) is 3.21. The number of rotatable bonds is 8. The quantitative estimate of drug-likeness (QED) is 0.339. The Balaban J connectivity index is 0.00000272. The molecule has 0 aliphatic heterocycles. The molecule has 4 rings (SSSR count). The molecule has 1 heterocycles. The Labute approximate surface area is 193 Å². The van der Waals surface area contributed by atoms with Gasteiger partial charge in [0.05, 0.1) is 16.6 Å². The Bertz CT molecular complexity index is 1120. The van der Waals surface area contributed by atoms with Gasteiger partial charge >= 0.3 is 0 Å². The molecule has 1 aromatic heterocycles. The van der Waals surface area contributed by atoms with E-state index in [-0.39, 0.29) is 18.3 Å². The summed E-state index contributed by atoms with van der Waals surface area (Å²) in [7, 11) is 0. The van der Waals surface area contributed by atoms with Crippen molar-refractivity contribution in [1.29, 1.82) is 0 Å². The molecule has 0 unspecified atom stereocenters. The third-order valence-corrected chi connectivity index (χ3v) is 6.63. The van der Waals surface area contributed by atoms with E-state index in [1.54, 1.807) is 11.3 Å². The van der Waals surface area contributed by atoms with Gasteiger partial charge in [0.1, 0.15) is 0 Å². The monoisotopic (exact) mass is 453 g/mol. The largest absolute Gasteiger partial charge is 0.302 e. The van der Waals surface area contributed by atoms with E-state index in [0.717, 1.165) is 51.3 Å². The van der Waals surface area contributed by atoms with E-state index in [1.807, 2.05) is 41.3 Å². The number of nitrogens with zero attached hydrogens (tertiary/aromatic N) is 3. The van der Waals surface area contributed by atoms with Crippen LogP contribution in [0.5, 0.6) is 0 Å². The molecule has 0 N–H and O–H groups in total. The molecule has 3 aromatic carbocycles. The maximum absolute atomic E-state index is 13.5. The van der Waals surface area contributed by atoms with Crippen LogP contribution in [-0.4, -0.2) is 42.0 Å². The second kappa shape index (κ2) is 10.7. The summed E-state index contributed by atoms with van der Waals surface area (Å²) in [6, 6.07) is 22.5. The zero-order valence-corrected chi connectivity index (χ0v) is 19.6. The van der Waals surface area contributed by atoms with Crippen LogP contribution in [0.2, 0.25) is 0 Å². The fraction of sp³-hybridized carbons (Fsp3) is 0.280. The third-order valence-electron chi connectivity index (χ3n) is 5.57. The lowest BCUT2D eigenvalue weighted by Crippen LogP contribution is -2.39. The summed E-state index contributed by atoms with van der Waals surface area (Å²) in [5.74, 6) is 0.0950. The van der Waals surface area contributed by atoms with Crippen LogP contribution in [0.1, 0.15) is 19.4 Å².